The maximum atomic E-state index is 12.2. The zero-order chi connectivity index (χ0) is 19.6. The van der Waals surface area contributed by atoms with Crippen LogP contribution in [-0.4, -0.2) is 39.8 Å². The van der Waals surface area contributed by atoms with Crippen molar-refractivity contribution in [3.8, 4) is 5.75 Å². The summed E-state index contributed by atoms with van der Waals surface area (Å²) in [5.41, 5.74) is 0.153. The highest BCUT2D eigenvalue weighted by Crippen LogP contribution is 2.31. The number of hydrogen-bond donors (Lipinski definition) is 1. The molecule has 0 spiro atoms. The first kappa shape index (κ1) is 17.7. The molecule has 12 nitrogen and oxygen atoms in total. The molecule has 1 aromatic heterocycles. The van der Waals surface area contributed by atoms with Gasteiger partial charge in [0.25, 0.3) is 17.4 Å². The number of carbonyl (C=O) groups is 2. The van der Waals surface area contributed by atoms with Gasteiger partial charge in [-0.05, 0) is 28.1 Å². The van der Waals surface area contributed by atoms with Crippen LogP contribution in [0.3, 0.4) is 0 Å². The average Bonchev–Trinajstić information content (AvgIpc) is 2.64. The molecule has 0 unspecified atom stereocenters. The molecule has 0 aliphatic carbocycles. The third kappa shape index (κ3) is 3.78. The van der Waals surface area contributed by atoms with Crippen LogP contribution in [0.2, 0.25) is 0 Å². The zero-order valence-electron chi connectivity index (χ0n) is 13.5. The number of nitrogens with zero attached hydrogens (tertiary/aromatic N) is 4. The lowest BCUT2D eigenvalue weighted by atomic mass is 10.2. The van der Waals surface area contributed by atoms with Crippen molar-refractivity contribution in [1.82, 2.24) is 4.98 Å². The zero-order valence-corrected chi connectivity index (χ0v) is 13.5. The van der Waals surface area contributed by atoms with E-state index < -0.39 is 34.0 Å². The van der Waals surface area contributed by atoms with Crippen molar-refractivity contribution in [3.63, 3.8) is 0 Å². The average molecular weight is 373 g/mol. The van der Waals surface area contributed by atoms with E-state index in [0.29, 0.717) is 5.69 Å². The lowest BCUT2D eigenvalue weighted by molar-refractivity contribution is -0.389. The Morgan fingerprint density at radius 2 is 1.85 bits per heavy atom. The van der Waals surface area contributed by atoms with Crippen LogP contribution in [0.5, 0.6) is 5.75 Å². The minimum absolute atomic E-state index is 0.126. The van der Waals surface area contributed by atoms with E-state index in [0.717, 1.165) is 11.0 Å². The molecule has 0 fully saturated rings. The van der Waals surface area contributed by atoms with E-state index in [9.17, 15) is 29.8 Å². The second kappa shape index (κ2) is 7.03. The highest BCUT2D eigenvalue weighted by Gasteiger charge is 2.33. The number of carbonyl (C=O) groups excluding carboxylic acids is 2. The number of anilines is 2. The van der Waals surface area contributed by atoms with E-state index in [2.05, 4.69) is 10.3 Å². The number of pyridine rings is 1. The number of amides is 2. The van der Waals surface area contributed by atoms with Gasteiger partial charge in [0.2, 0.25) is 5.91 Å². The number of ether oxygens (including phenoxy) is 1. The molecule has 3 rings (SSSR count). The van der Waals surface area contributed by atoms with Crippen LogP contribution in [-0.2, 0) is 9.59 Å². The highest BCUT2D eigenvalue weighted by molar-refractivity contribution is 6.04. The summed E-state index contributed by atoms with van der Waals surface area (Å²) in [5, 5.41) is 24.0. The first-order chi connectivity index (χ1) is 12.8. The van der Waals surface area contributed by atoms with Crippen LogP contribution < -0.4 is 15.0 Å². The molecule has 138 valence electrons. The molecule has 12 heteroatoms. The number of benzene rings is 1. The molecule has 0 atom stereocenters. The Kier molecular flexibility index (Phi) is 4.62. The van der Waals surface area contributed by atoms with Gasteiger partial charge in [0.1, 0.15) is 6.54 Å². The second-order valence-corrected chi connectivity index (χ2v) is 5.37. The lowest BCUT2D eigenvalue weighted by Gasteiger charge is -2.24. The molecule has 2 heterocycles. The fourth-order valence-corrected chi connectivity index (χ4v) is 2.34. The topological polar surface area (TPSA) is 158 Å². The van der Waals surface area contributed by atoms with Gasteiger partial charge < -0.3 is 20.2 Å². The summed E-state index contributed by atoms with van der Waals surface area (Å²) in [6.07, 6.45) is 0. The predicted octanol–water partition coefficient (Wildman–Crippen LogP) is 1.26. The van der Waals surface area contributed by atoms with Crippen LogP contribution in [0.15, 0.2) is 36.4 Å². The van der Waals surface area contributed by atoms with E-state index >= 15 is 0 Å². The SMILES string of the molecule is O=C(CN1C(=O)COc2ccc([N+](=O)[O-])nc21)Nc1ccc([N+](=O)[O-])cc1. The molecule has 0 saturated carbocycles. The number of nitrogens with one attached hydrogen (secondary N) is 1. The van der Waals surface area contributed by atoms with E-state index in [1.165, 1.54) is 30.3 Å². The monoisotopic (exact) mass is 373 g/mol. The van der Waals surface area contributed by atoms with Crippen molar-refractivity contribution < 1.29 is 24.2 Å². The molecule has 1 aliphatic heterocycles. The van der Waals surface area contributed by atoms with Crippen molar-refractivity contribution >= 4 is 34.8 Å². The van der Waals surface area contributed by atoms with Crippen molar-refractivity contribution in [2.75, 3.05) is 23.4 Å². The van der Waals surface area contributed by atoms with Crippen molar-refractivity contribution in [2.24, 2.45) is 0 Å². The fraction of sp³-hybridized carbons (Fsp3) is 0.133. The summed E-state index contributed by atoms with van der Waals surface area (Å²) in [6.45, 7) is -0.794. The Bertz CT molecular complexity index is 944. The molecule has 0 saturated heterocycles. The van der Waals surface area contributed by atoms with Crippen LogP contribution in [0, 0.1) is 20.2 Å². The summed E-state index contributed by atoms with van der Waals surface area (Å²) in [4.78, 5) is 49.3. The van der Waals surface area contributed by atoms with Crippen LogP contribution in [0.4, 0.5) is 23.0 Å². The van der Waals surface area contributed by atoms with Crippen LogP contribution >= 0.6 is 0 Å². The highest BCUT2D eigenvalue weighted by atomic mass is 16.6. The molecule has 1 aromatic carbocycles. The van der Waals surface area contributed by atoms with Gasteiger partial charge in [-0.2, -0.15) is 0 Å². The normalized spacial score (nSPS) is 12.7. The van der Waals surface area contributed by atoms with Crippen molar-refractivity contribution in [3.05, 3.63) is 56.6 Å². The van der Waals surface area contributed by atoms with Gasteiger partial charge in [0, 0.05) is 23.9 Å². The van der Waals surface area contributed by atoms with Gasteiger partial charge >= 0.3 is 5.82 Å². The van der Waals surface area contributed by atoms with Gasteiger partial charge in [0.15, 0.2) is 12.4 Å². The molecule has 2 aromatic rings. The van der Waals surface area contributed by atoms with Gasteiger partial charge in [-0.3, -0.25) is 24.6 Å². The second-order valence-electron chi connectivity index (χ2n) is 5.37. The fourth-order valence-electron chi connectivity index (χ4n) is 2.34. The molecule has 27 heavy (non-hydrogen) atoms. The Hall–Kier alpha value is -4.09. The maximum Gasteiger partial charge on any atom is 0.366 e. The number of nitro benzene ring substituents is 1. The number of fused-ring (bicyclic) bond motifs is 1. The quantitative estimate of drug-likeness (QED) is 0.606. The predicted molar refractivity (Wildman–Crippen MR) is 90.5 cm³/mol. The summed E-state index contributed by atoms with van der Waals surface area (Å²) < 4.78 is 5.16. The molecular formula is C15H11N5O7. The Morgan fingerprint density at radius 3 is 2.48 bits per heavy atom. The standard InChI is InChI=1S/C15H11N5O7/c21-13(16-9-1-3-10(4-2-9)19(23)24)7-18-14(22)8-27-11-5-6-12(20(25)26)17-15(11)18/h1-6H,7-8H2,(H,16,21). The molecule has 0 bridgehead atoms. The van der Waals surface area contributed by atoms with Gasteiger partial charge in [-0.15, -0.1) is 0 Å². The number of non-ortho nitro benzene ring substituents is 1. The molecule has 0 radical (unpaired) electrons. The Labute approximate surface area is 150 Å². The van der Waals surface area contributed by atoms with Gasteiger partial charge in [-0.25, -0.2) is 0 Å². The third-order valence-electron chi connectivity index (χ3n) is 3.58. The van der Waals surface area contributed by atoms with Gasteiger partial charge in [0.05, 0.1) is 4.92 Å². The number of aromatic nitrogens is 1. The smallest absolute Gasteiger partial charge is 0.366 e. The van der Waals surface area contributed by atoms with E-state index in [-0.39, 0.29) is 23.9 Å². The number of rotatable bonds is 5. The van der Waals surface area contributed by atoms with Crippen molar-refractivity contribution in [2.45, 2.75) is 0 Å². The van der Waals surface area contributed by atoms with E-state index in [4.69, 9.17) is 4.74 Å². The third-order valence-corrected chi connectivity index (χ3v) is 3.58. The Morgan fingerprint density at radius 1 is 1.15 bits per heavy atom. The minimum atomic E-state index is -0.728. The summed E-state index contributed by atoms with van der Waals surface area (Å²) in [5.74, 6) is -1.68. The lowest BCUT2D eigenvalue weighted by Crippen LogP contribution is -2.44. The minimum Gasteiger partial charge on any atom is -0.477 e. The summed E-state index contributed by atoms with van der Waals surface area (Å²) in [7, 11) is 0. The first-order valence-electron chi connectivity index (χ1n) is 7.48. The maximum absolute atomic E-state index is 12.2. The van der Waals surface area contributed by atoms with Crippen LogP contribution in [0.25, 0.3) is 0 Å². The largest absolute Gasteiger partial charge is 0.477 e. The molecular weight excluding hydrogens is 362 g/mol. The Balaban J connectivity index is 1.77. The number of hydrogen-bond acceptors (Lipinski definition) is 8. The summed E-state index contributed by atoms with van der Waals surface area (Å²) in [6, 6.07) is 7.55. The van der Waals surface area contributed by atoms with Gasteiger partial charge in [-0.1, -0.05) is 0 Å². The molecule has 1 aliphatic rings. The summed E-state index contributed by atoms with van der Waals surface area (Å²) >= 11 is 0. The van der Waals surface area contributed by atoms with E-state index in [1.807, 2.05) is 0 Å². The van der Waals surface area contributed by atoms with Crippen molar-refractivity contribution in [1.29, 1.82) is 0 Å². The first-order valence-corrected chi connectivity index (χ1v) is 7.48. The molecule has 2 amide bonds. The number of nitro groups is 2. The van der Waals surface area contributed by atoms with E-state index in [1.54, 1.807) is 0 Å². The van der Waals surface area contributed by atoms with Crippen LogP contribution in [0.1, 0.15) is 0 Å². The molecule has 1 N–H and O–H groups in total.